The fourth-order valence-electron chi connectivity index (χ4n) is 1.25. The Hall–Kier alpha value is -1.55. The fourth-order valence-corrected chi connectivity index (χ4v) is 1.25. The first-order chi connectivity index (χ1) is 8.27. The molecule has 0 aliphatic rings. The Bertz CT molecular complexity index is 354. The number of furan rings is 1. The second-order valence-electron chi connectivity index (χ2n) is 3.59. The SMILES string of the molecule is C=CC(=O)OCc1occc1COCCCC. The zero-order valence-electron chi connectivity index (χ0n) is 10.1. The Balaban J connectivity index is 2.37. The maximum atomic E-state index is 10.9. The lowest BCUT2D eigenvalue weighted by molar-refractivity contribution is -0.139. The summed E-state index contributed by atoms with van der Waals surface area (Å²) in [6, 6.07) is 1.82. The van der Waals surface area contributed by atoms with E-state index in [0.717, 1.165) is 31.1 Å². The average molecular weight is 238 g/mol. The fraction of sp³-hybridized carbons (Fsp3) is 0.462. The lowest BCUT2D eigenvalue weighted by Crippen LogP contribution is -2.02. The third-order valence-electron chi connectivity index (χ3n) is 2.25. The van der Waals surface area contributed by atoms with Crippen molar-refractivity contribution in [3.8, 4) is 0 Å². The molecule has 0 N–H and O–H groups in total. The van der Waals surface area contributed by atoms with Gasteiger partial charge in [-0.2, -0.15) is 0 Å². The van der Waals surface area contributed by atoms with E-state index < -0.39 is 5.97 Å². The van der Waals surface area contributed by atoms with E-state index in [-0.39, 0.29) is 6.61 Å². The van der Waals surface area contributed by atoms with Crippen molar-refractivity contribution in [3.05, 3.63) is 36.3 Å². The molecule has 0 spiro atoms. The molecule has 1 aromatic heterocycles. The van der Waals surface area contributed by atoms with E-state index in [9.17, 15) is 4.79 Å². The molecule has 0 bridgehead atoms. The van der Waals surface area contributed by atoms with Crippen molar-refractivity contribution in [2.24, 2.45) is 0 Å². The highest BCUT2D eigenvalue weighted by Gasteiger charge is 2.08. The molecular weight excluding hydrogens is 220 g/mol. The Morgan fingerprint density at radius 2 is 2.35 bits per heavy atom. The Kier molecular flexibility index (Phi) is 6.10. The molecule has 0 fully saturated rings. The first-order valence-electron chi connectivity index (χ1n) is 5.70. The van der Waals surface area contributed by atoms with Crippen LogP contribution in [0.2, 0.25) is 0 Å². The second kappa shape index (κ2) is 7.68. The lowest BCUT2D eigenvalue weighted by atomic mass is 10.2. The van der Waals surface area contributed by atoms with Crippen LogP contribution in [0.4, 0.5) is 0 Å². The third-order valence-corrected chi connectivity index (χ3v) is 2.25. The molecule has 4 heteroatoms. The van der Waals surface area contributed by atoms with E-state index in [0.29, 0.717) is 12.4 Å². The molecule has 0 atom stereocenters. The summed E-state index contributed by atoms with van der Waals surface area (Å²) in [7, 11) is 0. The van der Waals surface area contributed by atoms with E-state index in [2.05, 4.69) is 13.5 Å². The van der Waals surface area contributed by atoms with Crippen LogP contribution < -0.4 is 0 Å². The smallest absolute Gasteiger partial charge is 0.330 e. The van der Waals surface area contributed by atoms with Crippen molar-refractivity contribution in [2.45, 2.75) is 33.0 Å². The summed E-state index contributed by atoms with van der Waals surface area (Å²) < 4.78 is 15.6. The first-order valence-corrected chi connectivity index (χ1v) is 5.70. The van der Waals surface area contributed by atoms with Crippen LogP contribution in [0.3, 0.4) is 0 Å². The Morgan fingerprint density at radius 1 is 1.53 bits per heavy atom. The molecule has 0 radical (unpaired) electrons. The van der Waals surface area contributed by atoms with Gasteiger partial charge in [-0.15, -0.1) is 0 Å². The summed E-state index contributed by atoms with van der Waals surface area (Å²) in [6.07, 6.45) is 4.84. The summed E-state index contributed by atoms with van der Waals surface area (Å²) >= 11 is 0. The topological polar surface area (TPSA) is 48.7 Å². The summed E-state index contributed by atoms with van der Waals surface area (Å²) in [5, 5.41) is 0. The van der Waals surface area contributed by atoms with Crippen LogP contribution >= 0.6 is 0 Å². The molecular formula is C13H18O4. The highest BCUT2D eigenvalue weighted by molar-refractivity contribution is 5.81. The van der Waals surface area contributed by atoms with Crippen LogP contribution in [-0.2, 0) is 27.5 Å². The Morgan fingerprint density at radius 3 is 3.06 bits per heavy atom. The second-order valence-corrected chi connectivity index (χ2v) is 3.59. The van der Waals surface area contributed by atoms with Crippen molar-refractivity contribution in [2.75, 3.05) is 6.61 Å². The first kappa shape index (κ1) is 13.5. The summed E-state index contributed by atoms with van der Waals surface area (Å²) in [5.74, 6) is 0.163. The molecule has 1 aromatic rings. The van der Waals surface area contributed by atoms with Gasteiger partial charge in [-0.3, -0.25) is 0 Å². The number of esters is 1. The Labute approximate surface area is 101 Å². The van der Waals surface area contributed by atoms with Crippen molar-refractivity contribution >= 4 is 5.97 Å². The van der Waals surface area contributed by atoms with Gasteiger partial charge in [0.1, 0.15) is 12.4 Å². The number of carbonyl (C=O) groups excluding carboxylic acids is 1. The molecule has 0 aromatic carbocycles. The third kappa shape index (κ3) is 4.87. The van der Waals surface area contributed by atoms with Gasteiger partial charge in [0, 0.05) is 18.2 Å². The summed E-state index contributed by atoms with van der Waals surface area (Å²) in [5.41, 5.74) is 0.915. The number of unbranched alkanes of at least 4 members (excludes halogenated alkanes) is 1. The molecule has 0 aliphatic carbocycles. The minimum Gasteiger partial charge on any atom is -0.465 e. The van der Waals surface area contributed by atoms with Gasteiger partial charge >= 0.3 is 5.97 Å². The summed E-state index contributed by atoms with van der Waals surface area (Å²) in [4.78, 5) is 10.9. The quantitative estimate of drug-likeness (QED) is 0.397. The predicted molar refractivity (Wildman–Crippen MR) is 63.3 cm³/mol. The minimum absolute atomic E-state index is 0.115. The highest BCUT2D eigenvalue weighted by Crippen LogP contribution is 2.13. The largest absolute Gasteiger partial charge is 0.465 e. The zero-order valence-corrected chi connectivity index (χ0v) is 10.1. The van der Waals surface area contributed by atoms with Crippen molar-refractivity contribution in [3.63, 3.8) is 0 Å². The number of rotatable bonds is 8. The van der Waals surface area contributed by atoms with Crippen molar-refractivity contribution < 1.29 is 18.7 Å². The van der Waals surface area contributed by atoms with Crippen molar-refractivity contribution in [1.82, 2.24) is 0 Å². The normalized spacial score (nSPS) is 10.2. The van der Waals surface area contributed by atoms with Gasteiger partial charge in [0.2, 0.25) is 0 Å². The van der Waals surface area contributed by atoms with Crippen LogP contribution in [0.25, 0.3) is 0 Å². The summed E-state index contributed by atoms with van der Waals surface area (Å²) in [6.45, 7) is 6.76. The lowest BCUT2D eigenvalue weighted by Gasteiger charge is -2.04. The maximum Gasteiger partial charge on any atom is 0.330 e. The van der Waals surface area contributed by atoms with E-state index in [1.807, 2.05) is 6.07 Å². The standard InChI is InChI=1S/C13H18O4/c1-3-5-7-15-9-11-6-8-16-12(11)10-17-13(14)4-2/h4,6,8H,2-3,5,7,9-10H2,1H3. The van der Waals surface area contributed by atoms with Gasteiger partial charge in [-0.05, 0) is 12.5 Å². The average Bonchev–Trinajstić information content (AvgIpc) is 2.79. The predicted octanol–water partition coefficient (Wildman–Crippen LogP) is 2.83. The van der Waals surface area contributed by atoms with Gasteiger partial charge in [0.05, 0.1) is 12.9 Å². The zero-order chi connectivity index (χ0) is 12.5. The maximum absolute atomic E-state index is 10.9. The molecule has 0 unspecified atom stereocenters. The van der Waals surface area contributed by atoms with E-state index in [4.69, 9.17) is 13.9 Å². The molecule has 94 valence electrons. The van der Waals surface area contributed by atoms with Crippen LogP contribution in [0, 0.1) is 0 Å². The number of hydrogen-bond acceptors (Lipinski definition) is 4. The van der Waals surface area contributed by atoms with Gasteiger partial charge < -0.3 is 13.9 Å². The molecule has 17 heavy (non-hydrogen) atoms. The molecule has 0 saturated heterocycles. The van der Waals surface area contributed by atoms with Gasteiger partial charge in [0.15, 0.2) is 0 Å². The molecule has 1 heterocycles. The monoisotopic (exact) mass is 238 g/mol. The van der Waals surface area contributed by atoms with Crippen molar-refractivity contribution in [1.29, 1.82) is 0 Å². The highest BCUT2D eigenvalue weighted by atomic mass is 16.5. The molecule has 0 aliphatic heterocycles. The van der Waals surface area contributed by atoms with Crippen LogP contribution in [0.5, 0.6) is 0 Å². The molecule has 1 rings (SSSR count). The molecule has 4 nitrogen and oxygen atoms in total. The number of ether oxygens (including phenoxy) is 2. The van der Waals surface area contributed by atoms with Gasteiger partial charge in [0.25, 0.3) is 0 Å². The number of carbonyl (C=O) groups is 1. The molecule has 0 amide bonds. The molecule has 0 saturated carbocycles. The van der Waals surface area contributed by atoms with Gasteiger partial charge in [-0.25, -0.2) is 4.79 Å². The number of hydrogen-bond donors (Lipinski definition) is 0. The van der Waals surface area contributed by atoms with Crippen LogP contribution in [0.1, 0.15) is 31.1 Å². The van der Waals surface area contributed by atoms with Gasteiger partial charge in [-0.1, -0.05) is 19.9 Å². The van der Waals surface area contributed by atoms with E-state index in [1.54, 1.807) is 6.26 Å². The minimum atomic E-state index is -0.459. The van der Waals surface area contributed by atoms with Crippen LogP contribution in [0.15, 0.2) is 29.4 Å². The van der Waals surface area contributed by atoms with E-state index >= 15 is 0 Å². The van der Waals surface area contributed by atoms with E-state index in [1.165, 1.54) is 0 Å². The van der Waals surface area contributed by atoms with Crippen LogP contribution in [-0.4, -0.2) is 12.6 Å².